The molecule has 2 atom stereocenters. The first-order chi connectivity index (χ1) is 10.4. The van der Waals surface area contributed by atoms with E-state index in [0.717, 1.165) is 5.56 Å². The Hall–Kier alpha value is -1.47. The third kappa shape index (κ3) is 3.84. The van der Waals surface area contributed by atoms with Crippen LogP contribution < -0.4 is 5.32 Å². The summed E-state index contributed by atoms with van der Waals surface area (Å²) in [6.45, 7) is 3.47. The number of hydrogen-bond donors (Lipinski definition) is 2. The molecule has 5 heteroatoms. The standard InChI is InChI=1S/C17H17FINO2/c1-10-8-13(18)9-14(15(10)19)17(22)20-11(2)16(21)12-6-4-3-5-7-12/h3-9,11,16,21H,1-2H3,(H,20,22)/t11-,16+/m1/s1. The number of carbonyl (C=O) groups is 1. The van der Waals surface area contributed by atoms with Gasteiger partial charge in [-0.3, -0.25) is 4.79 Å². The second-order valence-electron chi connectivity index (χ2n) is 5.20. The number of carbonyl (C=O) groups excluding carboxylic acids is 1. The first kappa shape index (κ1) is 16.9. The van der Waals surface area contributed by atoms with Crippen molar-refractivity contribution in [3.63, 3.8) is 0 Å². The number of aliphatic hydroxyl groups excluding tert-OH is 1. The first-order valence-electron chi connectivity index (χ1n) is 6.89. The lowest BCUT2D eigenvalue weighted by molar-refractivity contribution is 0.0850. The fourth-order valence-electron chi connectivity index (χ4n) is 2.19. The summed E-state index contributed by atoms with van der Waals surface area (Å²) in [7, 11) is 0. The Morgan fingerprint density at radius 2 is 1.91 bits per heavy atom. The van der Waals surface area contributed by atoms with Gasteiger partial charge < -0.3 is 10.4 Å². The zero-order chi connectivity index (χ0) is 16.3. The molecule has 116 valence electrons. The predicted molar refractivity (Wildman–Crippen MR) is 92.2 cm³/mol. The minimum atomic E-state index is -0.822. The van der Waals surface area contributed by atoms with Crippen molar-refractivity contribution in [3.8, 4) is 0 Å². The van der Waals surface area contributed by atoms with E-state index in [4.69, 9.17) is 0 Å². The van der Waals surface area contributed by atoms with Crippen LogP contribution in [0.15, 0.2) is 42.5 Å². The van der Waals surface area contributed by atoms with Gasteiger partial charge in [-0.1, -0.05) is 30.3 Å². The summed E-state index contributed by atoms with van der Waals surface area (Å²) in [6.07, 6.45) is -0.822. The van der Waals surface area contributed by atoms with E-state index in [1.54, 1.807) is 26.0 Å². The molecule has 0 fully saturated rings. The maximum absolute atomic E-state index is 13.5. The largest absolute Gasteiger partial charge is 0.386 e. The average Bonchev–Trinajstić information content (AvgIpc) is 2.50. The van der Waals surface area contributed by atoms with Crippen molar-refractivity contribution >= 4 is 28.5 Å². The lowest BCUT2D eigenvalue weighted by Crippen LogP contribution is -2.37. The van der Waals surface area contributed by atoms with Gasteiger partial charge in [0.05, 0.1) is 17.7 Å². The molecule has 0 aliphatic carbocycles. The molecule has 0 unspecified atom stereocenters. The summed E-state index contributed by atoms with van der Waals surface area (Å²) in [6, 6.07) is 11.2. The van der Waals surface area contributed by atoms with Crippen LogP contribution in [-0.4, -0.2) is 17.1 Å². The van der Waals surface area contributed by atoms with Gasteiger partial charge in [0.2, 0.25) is 0 Å². The predicted octanol–water partition coefficient (Wildman–Crippen LogP) is 3.59. The van der Waals surface area contributed by atoms with Crippen molar-refractivity contribution in [1.82, 2.24) is 5.32 Å². The number of benzene rings is 2. The molecule has 0 aliphatic rings. The molecule has 0 aliphatic heterocycles. The van der Waals surface area contributed by atoms with Gasteiger partial charge in [0.1, 0.15) is 5.82 Å². The van der Waals surface area contributed by atoms with Gasteiger partial charge in [-0.05, 0) is 59.7 Å². The van der Waals surface area contributed by atoms with E-state index in [9.17, 15) is 14.3 Å². The van der Waals surface area contributed by atoms with Crippen LogP contribution in [-0.2, 0) is 0 Å². The molecular formula is C17H17FINO2. The lowest BCUT2D eigenvalue weighted by atomic mass is 10.0. The molecule has 0 saturated heterocycles. The molecule has 2 aromatic carbocycles. The Kier molecular flexibility index (Phi) is 5.52. The van der Waals surface area contributed by atoms with Crippen LogP contribution in [0.2, 0.25) is 0 Å². The van der Waals surface area contributed by atoms with Gasteiger partial charge in [-0.25, -0.2) is 4.39 Å². The highest BCUT2D eigenvalue weighted by Gasteiger charge is 2.21. The number of hydrogen-bond acceptors (Lipinski definition) is 2. The zero-order valence-electron chi connectivity index (χ0n) is 12.3. The number of rotatable bonds is 4. The van der Waals surface area contributed by atoms with E-state index in [2.05, 4.69) is 5.32 Å². The van der Waals surface area contributed by atoms with Gasteiger partial charge in [0.25, 0.3) is 5.91 Å². The average molecular weight is 413 g/mol. The molecule has 2 rings (SSSR count). The highest BCUT2D eigenvalue weighted by molar-refractivity contribution is 14.1. The quantitative estimate of drug-likeness (QED) is 0.753. The summed E-state index contributed by atoms with van der Waals surface area (Å²) in [5.74, 6) is -0.839. The highest BCUT2D eigenvalue weighted by Crippen LogP contribution is 2.20. The maximum atomic E-state index is 13.5. The molecule has 3 nitrogen and oxygen atoms in total. The lowest BCUT2D eigenvalue weighted by Gasteiger charge is -2.21. The fourth-order valence-corrected chi connectivity index (χ4v) is 2.75. The Labute approximate surface area is 142 Å². The highest BCUT2D eigenvalue weighted by atomic mass is 127. The summed E-state index contributed by atoms with van der Waals surface area (Å²) in [4.78, 5) is 12.3. The summed E-state index contributed by atoms with van der Waals surface area (Å²) < 4.78 is 14.2. The van der Waals surface area contributed by atoms with Gasteiger partial charge in [0, 0.05) is 3.57 Å². The number of aryl methyl sites for hydroxylation is 1. The summed E-state index contributed by atoms with van der Waals surface area (Å²) in [5.41, 5.74) is 1.72. The monoisotopic (exact) mass is 413 g/mol. The molecule has 0 heterocycles. The van der Waals surface area contributed by atoms with Crippen LogP contribution in [0, 0.1) is 16.3 Å². The second kappa shape index (κ2) is 7.19. The SMILES string of the molecule is Cc1cc(F)cc(C(=O)N[C@H](C)[C@H](O)c2ccccc2)c1I. The normalized spacial score (nSPS) is 13.5. The molecule has 0 radical (unpaired) electrons. The van der Waals surface area contributed by atoms with Crippen molar-refractivity contribution < 1.29 is 14.3 Å². The molecule has 0 aromatic heterocycles. The Morgan fingerprint density at radius 3 is 2.55 bits per heavy atom. The molecule has 2 N–H and O–H groups in total. The van der Waals surface area contributed by atoms with Crippen molar-refractivity contribution in [2.24, 2.45) is 0 Å². The topological polar surface area (TPSA) is 49.3 Å². The third-order valence-electron chi connectivity index (χ3n) is 3.44. The van der Waals surface area contributed by atoms with Gasteiger partial charge >= 0.3 is 0 Å². The van der Waals surface area contributed by atoms with Crippen LogP contribution in [0.3, 0.4) is 0 Å². The number of amides is 1. The van der Waals surface area contributed by atoms with E-state index < -0.39 is 23.9 Å². The van der Waals surface area contributed by atoms with Crippen molar-refractivity contribution in [2.45, 2.75) is 26.0 Å². The summed E-state index contributed by atoms with van der Waals surface area (Å²) in [5, 5.41) is 13.0. The molecule has 22 heavy (non-hydrogen) atoms. The Balaban J connectivity index is 2.15. The minimum Gasteiger partial charge on any atom is -0.386 e. The van der Waals surface area contributed by atoms with Crippen LogP contribution in [0.4, 0.5) is 4.39 Å². The van der Waals surface area contributed by atoms with E-state index >= 15 is 0 Å². The smallest absolute Gasteiger partial charge is 0.252 e. The van der Waals surface area contributed by atoms with Crippen molar-refractivity contribution in [2.75, 3.05) is 0 Å². The Bertz CT molecular complexity index is 676. The molecule has 1 amide bonds. The minimum absolute atomic E-state index is 0.283. The van der Waals surface area contributed by atoms with Crippen LogP contribution in [0.25, 0.3) is 0 Å². The molecule has 0 bridgehead atoms. The van der Waals surface area contributed by atoms with Gasteiger partial charge in [0.15, 0.2) is 0 Å². The molecule has 0 saturated carbocycles. The maximum Gasteiger partial charge on any atom is 0.252 e. The van der Waals surface area contributed by atoms with Gasteiger partial charge in [-0.15, -0.1) is 0 Å². The van der Waals surface area contributed by atoms with E-state index in [-0.39, 0.29) is 5.56 Å². The van der Waals surface area contributed by atoms with Crippen molar-refractivity contribution in [1.29, 1.82) is 0 Å². The Morgan fingerprint density at radius 1 is 1.27 bits per heavy atom. The number of halogens is 2. The van der Waals surface area contributed by atoms with Crippen LogP contribution in [0.1, 0.15) is 34.5 Å². The molecular weight excluding hydrogens is 396 g/mol. The summed E-state index contributed by atoms with van der Waals surface area (Å²) >= 11 is 2.02. The van der Waals surface area contributed by atoms with Crippen molar-refractivity contribution in [3.05, 3.63) is 68.5 Å². The second-order valence-corrected chi connectivity index (χ2v) is 6.28. The van der Waals surface area contributed by atoms with Crippen LogP contribution in [0.5, 0.6) is 0 Å². The van der Waals surface area contributed by atoms with E-state index in [1.807, 2.05) is 40.8 Å². The van der Waals surface area contributed by atoms with E-state index in [0.29, 0.717) is 9.13 Å². The van der Waals surface area contributed by atoms with Crippen LogP contribution >= 0.6 is 22.6 Å². The molecule has 2 aromatic rings. The fraction of sp³-hybridized carbons (Fsp3) is 0.235. The number of nitrogens with one attached hydrogen (secondary N) is 1. The third-order valence-corrected chi connectivity index (χ3v) is 4.87. The van der Waals surface area contributed by atoms with Gasteiger partial charge in [-0.2, -0.15) is 0 Å². The molecule has 0 spiro atoms. The zero-order valence-corrected chi connectivity index (χ0v) is 14.5. The number of aliphatic hydroxyl groups is 1. The van der Waals surface area contributed by atoms with E-state index in [1.165, 1.54) is 12.1 Å². The first-order valence-corrected chi connectivity index (χ1v) is 7.97.